The number of carboxylic acid groups (broad SMARTS) is 1. The van der Waals surface area contributed by atoms with E-state index in [0.717, 1.165) is 37.4 Å². The Morgan fingerprint density at radius 3 is 2.50 bits per heavy atom. The zero-order chi connectivity index (χ0) is 21.1. The minimum atomic E-state index is -0.814. The van der Waals surface area contributed by atoms with Crippen molar-refractivity contribution in [1.82, 2.24) is 10.2 Å². The molecule has 2 aromatic carbocycles. The van der Waals surface area contributed by atoms with Crippen LogP contribution in [0.5, 0.6) is 5.75 Å². The molecule has 160 valence electrons. The number of benzene rings is 2. The van der Waals surface area contributed by atoms with Gasteiger partial charge in [0.1, 0.15) is 17.9 Å². The fourth-order valence-electron chi connectivity index (χ4n) is 4.80. The number of aliphatic carboxylic acids is 1. The van der Waals surface area contributed by atoms with Crippen LogP contribution in [-0.4, -0.2) is 61.9 Å². The van der Waals surface area contributed by atoms with E-state index in [1.54, 1.807) is 0 Å². The molecule has 2 aliphatic rings. The SMILES string of the molecule is CN(C)C1(c2ccccc2)CCN(c2cccc(O[C@@H]3CN[C@H](C(=O)O)C3)c2)CC1. The van der Waals surface area contributed by atoms with Gasteiger partial charge in [-0.2, -0.15) is 0 Å². The van der Waals surface area contributed by atoms with E-state index in [1.165, 1.54) is 5.56 Å². The van der Waals surface area contributed by atoms with Crippen molar-refractivity contribution in [3.63, 3.8) is 0 Å². The van der Waals surface area contributed by atoms with Gasteiger partial charge >= 0.3 is 5.97 Å². The highest BCUT2D eigenvalue weighted by Crippen LogP contribution is 2.39. The predicted octanol–water partition coefficient (Wildman–Crippen LogP) is 2.94. The van der Waals surface area contributed by atoms with Gasteiger partial charge in [0.2, 0.25) is 0 Å². The number of anilines is 1. The summed E-state index contributed by atoms with van der Waals surface area (Å²) in [5, 5.41) is 12.1. The molecule has 30 heavy (non-hydrogen) atoms. The molecule has 2 aliphatic heterocycles. The van der Waals surface area contributed by atoms with Crippen molar-refractivity contribution < 1.29 is 14.6 Å². The van der Waals surface area contributed by atoms with E-state index in [0.29, 0.717) is 13.0 Å². The van der Waals surface area contributed by atoms with Crippen LogP contribution < -0.4 is 15.0 Å². The first kappa shape index (κ1) is 20.7. The van der Waals surface area contributed by atoms with E-state index in [9.17, 15) is 4.79 Å². The van der Waals surface area contributed by atoms with Crippen molar-refractivity contribution in [2.75, 3.05) is 38.6 Å². The fourth-order valence-corrected chi connectivity index (χ4v) is 4.80. The molecule has 2 atom stereocenters. The average Bonchev–Trinajstić information content (AvgIpc) is 3.23. The monoisotopic (exact) mass is 409 g/mol. The number of ether oxygens (including phenoxy) is 1. The molecule has 2 N–H and O–H groups in total. The summed E-state index contributed by atoms with van der Waals surface area (Å²) in [5.74, 6) is -0.0104. The van der Waals surface area contributed by atoms with E-state index < -0.39 is 12.0 Å². The predicted molar refractivity (Wildman–Crippen MR) is 118 cm³/mol. The Kier molecular flexibility index (Phi) is 5.97. The van der Waals surface area contributed by atoms with Crippen molar-refractivity contribution >= 4 is 11.7 Å². The number of carbonyl (C=O) groups is 1. The van der Waals surface area contributed by atoms with Crippen LogP contribution in [0.2, 0.25) is 0 Å². The van der Waals surface area contributed by atoms with Crippen LogP contribution in [0.25, 0.3) is 0 Å². The van der Waals surface area contributed by atoms with Crippen molar-refractivity contribution in [2.24, 2.45) is 0 Å². The zero-order valence-electron chi connectivity index (χ0n) is 17.8. The summed E-state index contributed by atoms with van der Waals surface area (Å²) >= 11 is 0. The average molecular weight is 410 g/mol. The number of nitrogens with zero attached hydrogens (tertiary/aromatic N) is 2. The Bertz CT molecular complexity index is 863. The molecule has 2 fully saturated rings. The van der Waals surface area contributed by atoms with Gasteiger partial charge in [-0.3, -0.25) is 9.69 Å². The quantitative estimate of drug-likeness (QED) is 0.765. The molecular weight excluding hydrogens is 378 g/mol. The lowest BCUT2D eigenvalue weighted by atomic mass is 9.79. The fraction of sp³-hybridized carbons (Fsp3) is 0.458. The van der Waals surface area contributed by atoms with Crippen LogP contribution in [0, 0.1) is 0 Å². The highest BCUT2D eigenvalue weighted by Gasteiger charge is 2.38. The van der Waals surface area contributed by atoms with Gasteiger partial charge in [0.05, 0.1) is 0 Å². The minimum absolute atomic E-state index is 0.0627. The lowest BCUT2D eigenvalue weighted by Crippen LogP contribution is -2.50. The Balaban J connectivity index is 1.43. The number of piperidine rings is 1. The summed E-state index contributed by atoms with van der Waals surface area (Å²) in [5.41, 5.74) is 2.61. The Hall–Kier alpha value is -2.57. The highest BCUT2D eigenvalue weighted by atomic mass is 16.5. The summed E-state index contributed by atoms with van der Waals surface area (Å²) in [6, 6.07) is 18.5. The van der Waals surface area contributed by atoms with Gasteiger partial charge in [-0.1, -0.05) is 36.4 Å². The lowest BCUT2D eigenvalue weighted by Gasteiger charge is -2.47. The maximum absolute atomic E-state index is 11.1. The number of hydrogen-bond donors (Lipinski definition) is 2. The summed E-state index contributed by atoms with van der Waals surface area (Å²) in [4.78, 5) is 15.9. The smallest absolute Gasteiger partial charge is 0.320 e. The van der Waals surface area contributed by atoms with Crippen molar-refractivity contribution in [3.05, 3.63) is 60.2 Å². The Morgan fingerprint density at radius 2 is 1.87 bits per heavy atom. The molecule has 0 unspecified atom stereocenters. The number of rotatable bonds is 6. The van der Waals surface area contributed by atoms with Gasteiger partial charge in [-0.15, -0.1) is 0 Å². The van der Waals surface area contributed by atoms with Crippen LogP contribution in [0.1, 0.15) is 24.8 Å². The zero-order valence-corrected chi connectivity index (χ0v) is 17.8. The second-order valence-electron chi connectivity index (χ2n) is 8.55. The lowest BCUT2D eigenvalue weighted by molar-refractivity contribution is -0.139. The van der Waals surface area contributed by atoms with Crippen LogP contribution >= 0.6 is 0 Å². The molecule has 2 saturated heterocycles. The Morgan fingerprint density at radius 1 is 1.13 bits per heavy atom. The second-order valence-corrected chi connectivity index (χ2v) is 8.55. The summed E-state index contributed by atoms with van der Waals surface area (Å²) in [6.45, 7) is 2.51. The second kappa shape index (κ2) is 8.66. The summed E-state index contributed by atoms with van der Waals surface area (Å²) < 4.78 is 6.07. The first-order valence-electron chi connectivity index (χ1n) is 10.7. The van der Waals surface area contributed by atoms with Crippen molar-refractivity contribution in [1.29, 1.82) is 0 Å². The number of nitrogens with one attached hydrogen (secondary N) is 1. The molecule has 0 saturated carbocycles. The first-order valence-corrected chi connectivity index (χ1v) is 10.7. The van der Waals surface area contributed by atoms with Gasteiger partial charge in [0, 0.05) is 43.3 Å². The van der Waals surface area contributed by atoms with E-state index in [2.05, 4.69) is 71.7 Å². The van der Waals surface area contributed by atoms with Gasteiger partial charge in [0.25, 0.3) is 0 Å². The molecule has 0 spiro atoms. The summed E-state index contributed by atoms with van der Waals surface area (Å²) in [7, 11) is 4.36. The summed E-state index contributed by atoms with van der Waals surface area (Å²) in [6.07, 6.45) is 2.50. The third-order valence-electron chi connectivity index (χ3n) is 6.63. The maximum Gasteiger partial charge on any atom is 0.320 e. The van der Waals surface area contributed by atoms with Gasteiger partial charge in [-0.05, 0) is 44.6 Å². The molecule has 6 nitrogen and oxygen atoms in total. The molecule has 4 rings (SSSR count). The van der Waals surface area contributed by atoms with E-state index in [1.807, 2.05) is 12.1 Å². The first-order chi connectivity index (χ1) is 14.5. The standard InChI is InChI=1S/C24H31N3O3/c1-26(2)24(18-7-4-3-5-8-18)11-13-27(14-12-24)19-9-6-10-20(15-19)30-21-16-22(23(28)29)25-17-21/h3-10,15,21-22,25H,11-14,16-17H2,1-2H3,(H,28,29)/t21-,22-/m0/s1. The molecule has 0 bridgehead atoms. The van der Waals surface area contributed by atoms with Crippen LogP contribution in [-0.2, 0) is 10.3 Å². The topological polar surface area (TPSA) is 65.0 Å². The molecule has 6 heteroatoms. The number of carboxylic acids is 1. The maximum atomic E-state index is 11.1. The molecule has 0 aliphatic carbocycles. The minimum Gasteiger partial charge on any atom is -0.489 e. The van der Waals surface area contributed by atoms with Crippen LogP contribution in [0.4, 0.5) is 5.69 Å². The highest BCUT2D eigenvalue weighted by molar-refractivity contribution is 5.73. The van der Waals surface area contributed by atoms with Gasteiger partial charge in [-0.25, -0.2) is 0 Å². The molecule has 0 amide bonds. The molecule has 0 aromatic heterocycles. The van der Waals surface area contributed by atoms with E-state index in [4.69, 9.17) is 9.84 Å². The normalized spacial score (nSPS) is 23.5. The Labute approximate surface area is 178 Å². The van der Waals surface area contributed by atoms with Crippen LogP contribution in [0.15, 0.2) is 54.6 Å². The van der Waals surface area contributed by atoms with E-state index >= 15 is 0 Å². The van der Waals surface area contributed by atoms with Crippen molar-refractivity contribution in [3.8, 4) is 5.75 Å². The van der Waals surface area contributed by atoms with Gasteiger partial charge < -0.3 is 20.1 Å². The third-order valence-corrected chi connectivity index (χ3v) is 6.63. The molecule has 2 aromatic rings. The molecular formula is C24H31N3O3. The largest absolute Gasteiger partial charge is 0.489 e. The third kappa shape index (κ3) is 4.16. The molecule has 0 radical (unpaired) electrons. The van der Waals surface area contributed by atoms with Gasteiger partial charge in [0.15, 0.2) is 0 Å². The van der Waals surface area contributed by atoms with Crippen molar-refractivity contribution in [2.45, 2.75) is 36.9 Å². The molecule has 2 heterocycles. The van der Waals surface area contributed by atoms with E-state index in [-0.39, 0.29) is 11.6 Å². The van der Waals surface area contributed by atoms with Crippen LogP contribution in [0.3, 0.4) is 0 Å². The number of hydrogen-bond acceptors (Lipinski definition) is 5.